The maximum Gasteiger partial charge on any atom is 0.0121 e. The van der Waals surface area contributed by atoms with E-state index in [0.29, 0.717) is 11.5 Å². The van der Waals surface area contributed by atoms with Crippen molar-refractivity contribution in [1.82, 2.24) is 0 Å². The van der Waals surface area contributed by atoms with Crippen LogP contribution in [-0.2, 0) is 0 Å². The molecule has 0 aromatic heterocycles. The lowest BCUT2D eigenvalue weighted by Gasteiger charge is -2.28. The van der Waals surface area contributed by atoms with Gasteiger partial charge in [0.05, 0.1) is 0 Å². The summed E-state index contributed by atoms with van der Waals surface area (Å²) in [6, 6.07) is 0.373. The van der Waals surface area contributed by atoms with Gasteiger partial charge in [-0.15, -0.1) is 0 Å². The van der Waals surface area contributed by atoms with Crippen LogP contribution >= 0.6 is 0 Å². The summed E-state index contributed by atoms with van der Waals surface area (Å²) in [4.78, 5) is 0. The topological polar surface area (TPSA) is 26.0 Å². The fourth-order valence-electron chi connectivity index (χ4n) is 1.72. The Balaban J connectivity index is 2.52. The van der Waals surface area contributed by atoms with Crippen molar-refractivity contribution in [3.05, 3.63) is 0 Å². The molecule has 0 spiro atoms. The van der Waals surface area contributed by atoms with E-state index in [0.717, 1.165) is 5.92 Å². The predicted octanol–water partition coefficient (Wildman–Crippen LogP) is 2.41. The van der Waals surface area contributed by atoms with Gasteiger partial charge in [-0.3, -0.25) is 0 Å². The zero-order valence-corrected chi connectivity index (χ0v) is 8.44. The van der Waals surface area contributed by atoms with Gasteiger partial charge in [-0.2, -0.15) is 0 Å². The second-order valence-corrected chi connectivity index (χ2v) is 5.69. The Morgan fingerprint density at radius 2 is 1.73 bits per heavy atom. The molecule has 0 bridgehead atoms. The van der Waals surface area contributed by atoms with E-state index in [-0.39, 0.29) is 5.41 Å². The molecule has 2 N–H and O–H groups in total. The number of nitrogens with two attached hydrogens (primary N) is 1. The van der Waals surface area contributed by atoms with E-state index in [1.807, 2.05) is 0 Å². The molecule has 66 valence electrons. The maximum absolute atomic E-state index is 6.13. The molecular formula is C10H21N. The summed E-state index contributed by atoms with van der Waals surface area (Å²) in [5, 5.41) is 0. The first-order chi connectivity index (χ1) is 4.75. The summed E-state index contributed by atoms with van der Waals surface area (Å²) in [6.07, 6.45) is 1.31. The third-order valence-electron chi connectivity index (χ3n) is 3.02. The van der Waals surface area contributed by atoms with Gasteiger partial charge in [0.2, 0.25) is 0 Å². The van der Waals surface area contributed by atoms with Gasteiger partial charge < -0.3 is 5.73 Å². The van der Waals surface area contributed by atoms with E-state index >= 15 is 0 Å². The third kappa shape index (κ3) is 1.76. The molecule has 0 heterocycles. The minimum absolute atomic E-state index is 0.276. The average Bonchev–Trinajstić information content (AvgIpc) is 2.36. The van der Waals surface area contributed by atoms with Crippen molar-refractivity contribution in [3.8, 4) is 0 Å². The molecule has 1 rings (SSSR count). The van der Waals surface area contributed by atoms with Crippen molar-refractivity contribution < 1.29 is 0 Å². The van der Waals surface area contributed by atoms with E-state index in [1.165, 1.54) is 6.42 Å². The molecule has 0 amide bonds. The zero-order valence-electron chi connectivity index (χ0n) is 8.44. The van der Waals surface area contributed by atoms with Crippen molar-refractivity contribution in [2.45, 2.75) is 47.1 Å². The second kappa shape index (κ2) is 2.22. The van der Waals surface area contributed by atoms with Gasteiger partial charge in [0, 0.05) is 6.04 Å². The molecule has 11 heavy (non-hydrogen) atoms. The molecule has 0 saturated heterocycles. The minimum atomic E-state index is 0.276. The van der Waals surface area contributed by atoms with Crippen LogP contribution in [0.2, 0.25) is 0 Å². The van der Waals surface area contributed by atoms with Crippen molar-refractivity contribution >= 4 is 0 Å². The highest BCUT2D eigenvalue weighted by atomic mass is 14.8. The van der Waals surface area contributed by atoms with Crippen LogP contribution in [0.4, 0.5) is 0 Å². The van der Waals surface area contributed by atoms with Crippen molar-refractivity contribution in [3.63, 3.8) is 0 Å². The van der Waals surface area contributed by atoms with Crippen LogP contribution in [0, 0.1) is 16.7 Å². The summed E-state index contributed by atoms with van der Waals surface area (Å²) in [7, 11) is 0. The normalized spacial score (nSPS) is 31.6. The monoisotopic (exact) mass is 155 g/mol. The summed E-state index contributed by atoms with van der Waals surface area (Å²) >= 11 is 0. The first-order valence-electron chi connectivity index (χ1n) is 4.51. The highest BCUT2D eigenvalue weighted by Crippen LogP contribution is 2.55. The molecule has 2 atom stereocenters. The predicted molar refractivity (Wildman–Crippen MR) is 49.3 cm³/mol. The molecule has 1 aliphatic rings. The van der Waals surface area contributed by atoms with Gasteiger partial charge in [0.15, 0.2) is 0 Å². The van der Waals surface area contributed by atoms with E-state index in [9.17, 15) is 0 Å². The zero-order chi connectivity index (χ0) is 8.86. The Labute approximate surface area is 70.4 Å². The van der Waals surface area contributed by atoms with Crippen LogP contribution < -0.4 is 5.73 Å². The molecule has 1 nitrogen and oxygen atoms in total. The first kappa shape index (κ1) is 9.05. The molecule has 2 unspecified atom stereocenters. The Bertz CT molecular complexity index is 153. The SMILES string of the molecule is CC(C)(C)C(N)C1CC1(C)C. The van der Waals surface area contributed by atoms with E-state index < -0.39 is 0 Å². The molecule has 0 aromatic carbocycles. The fraction of sp³-hybridized carbons (Fsp3) is 1.00. The van der Waals surface area contributed by atoms with E-state index in [1.54, 1.807) is 0 Å². The Hall–Kier alpha value is -0.0400. The first-order valence-corrected chi connectivity index (χ1v) is 4.51. The molecule has 1 saturated carbocycles. The van der Waals surface area contributed by atoms with E-state index in [2.05, 4.69) is 34.6 Å². The van der Waals surface area contributed by atoms with Crippen molar-refractivity contribution in [1.29, 1.82) is 0 Å². The van der Waals surface area contributed by atoms with Gasteiger partial charge in [-0.1, -0.05) is 34.6 Å². The van der Waals surface area contributed by atoms with Gasteiger partial charge in [0.1, 0.15) is 0 Å². The van der Waals surface area contributed by atoms with Gasteiger partial charge in [-0.25, -0.2) is 0 Å². The molecule has 1 aliphatic carbocycles. The van der Waals surface area contributed by atoms with Crippen LogP contribution in [0.15, 0.2) is 0 Å². The molecule has 0 radical (unpaired) electrons. The van der Waals surface area contributed by atoms with Gasteiger partial charge >= 0.3 is 0 Å². The van der Waals surface area contributed by atoms with Gasteiger partial charge in [-0.05, 0) is 23.2 Å². The lowest BCUT2D eigenvalue weighted by molar-refractivity contribution is 0.270. The Morgan fingerprint density at radius 1 is 1.36 bits per heavy atom. The highest BCUT2D eigenvalue weighted by molar-refractivity contribution is 5.03. The Kier molecular flexibility index (Phi) is 1.83. The molecular weight excluding hydrogens is 134 g/mol. The standard InChI is InChI=1S/C10H21N/c1-9(2,3)8(11)7-6-10(7,4)5/h7-8H,6,11H2,1-5H3. The van der Waals surface area contributed by atoms with Crippen LogP contribution in [0.25, 0.3) is 0 Å². The fourth-order valence-corrected chi connectivity index (χ4v) is 1.72. The van der Waals surface area contributed by atoms with Crippen molar-refractivity contribution in [2.24, 2.45) is 22.5 Å². The highest BCUT2D eigenvalue weighted by Gasteiger charge is 2.51. The summed E-state index contributed by atoms with van der Waals surface area (Å²) in [5.41, 5.74) is 6.93. The maximum atomic E-state index is 6.13. The number of hydrogen-bond donors (Lipinski definition) is 1. The molecule has 1 fully saturated rings. The van der Waals surface area contributed by atoms with E-state index in [4.69, 9.17) is 5.73 Å². The summed E-state index contributed by atoms with van der Waals surface area (Å²) < 4.78 is 0. The smallest absolute Gasteiger partial charge is 0.0121 e. The van der Waals surface area contributed by atoms with Crippen LogP contribution in [-0.4, -0.2) is 6.04 Å². The van der Waals surface area contributed by atoms with Crippen molar-refractivity contribution in [2.75, 3.05) is 0 Å². The lowest BCUT2D eigenvalue weighted by Crippen LogP contribution is -2.38. The third-order valence-corrected chi connectivity index (χ3v) is 3.02. The molecule has 0 aromatic rings. The Morgan fingerprint density at radius 3 is 1.82 bits per heavy atom. The minimum Gasteiger partial charge on any atom is -0.327 e. The summed E-state index contributed by atoms with van der Waals surface area (Å²) in [6.45, 7) is 11.3. The molecule has 1 heteroatoms. The van der Waals surface area contributed by atoms with Gasteiger partial charge in [0.25, 0.3) is 0 Å². The second-order valence-electron chi connectivity index (χ2n) is 5.69. The molecule has 0 aliphatic heterocycles. The quantitative estimate of drug-likeness (QED) is 0.618. The van der Waals surface area contributed by atoms with Crippen LogP contribution in [0.1, 0.15) is 41.0 Å². The van der Waals surface area contributed by atoms with Crippen LogP contribution in [0.5, 0.6) is 0 Å². The van der Waals surface area contributed by atoms with Crippen LogP contribution in [0.3, 0.4) is 0 Å². The average molecular weight is 155 g/mol. The lowest BCUT2D eigenvalue weighted by atomic mass is 9.82. The summed E-state index contributed by atoms with van der Waals surface area (Å²) in [5.74, 6) is 0.752. The number of hydrogen-bond acceptors (Lipinski definition) is 1. The largest absolute Gasteiger partial charge is 0.327 e. The number of rotatable bonds is 1.